The largest absolute Gasteiger partial charge is 0.478 e. The van der Waals surface area contributed by atoms with Gasteiger partial charge in [-0.15, -0.1) is 0 Å². The van der Waals surface area contributed by atoms with Gasteiger partial charge in [-0.1, -0.05) is 12.1 Å². The van der Waals surface area contributed by atoms with Crippen molar-refractivity contribution < 1.29 is 19.1 Å². The summed E-state index contributed by atoms with van der Waals surface area (Å²) in [7, 11) is 0. The average Bonchev–Trinajstić information content (AvgIpc) is 2.33. The molecule has 0 radical (unpaired) electrons. The van der Waals surface area contributed by atoms with Gasteiger partial charge in [-0.2, -0.15) is 0 Å². The van der Waals surface area contributed by atoms with Gasteiger partial charge in [0.05, 0.1) is 11.6 Å². The highest BCUT2D eigenvalue weighted by Crippen LogP contribution is 2.28. The molecule has 0 aromatic heterocycles. The molecule has 2 rings (SSSR count). The van der Waals surface area contributed by atoms with Gasteiger partial charge in [-0.3, -0.25) is 4.79 Å². The molecule has 0 aliphatic carbocycles. The molecular formula is C13H13FN2O3. The zero-order chi connectivity index (χ0) is 14.2. The summed E-state index contributed by atoms with van der Waals surface area (Å²) in [5, 5.41) is 11.7. The number of benzene rings is 1. The van der Waals surface area contributed by atoms with Crippen LogP contribution < -0.4 is 11.1 Å². The SMILES string of the molecule is CC1(N)C=C(C(=O)O)C(c2ccc(F)cc2)NC1=O. The zero-order valence-corrected chi connectivity index (χ0v) is 10.2. The number of rotatable bonds is 2. The smallest absolute Gasteiger partial charge is 0.333 e. The number of carboxylic acids is 1. The maximum atomic E-state index is 12.9. The number of hydrogen-bond acceptors (Lipinski definition) is 3. The van der Waals surface area contributed by atoms with Crippen molar-refractivity contribution in [2.45, 2.75) is 18.5 Å². The Kier molecular flexibility index (Phi) is 3.11. The molecule has 0 spiro atoms. The van der Waals surface area contributed by atoms with Gasteiger partial charge in [0.2, 0.25) is 5.91 Å². The minimum atomic E-state index is -1.37. The highest BCUT2D eigenvalue weighted by Gasteiger charge is 2.38. The molecule has 4 N–H and O–H groups in total. The van der Waals surface area contributed by atoms with Crippen LogP contribution >= 0.6 is 0 Å². The van der Waals surface area contributed by atoms with E-state index in [-0.39, 0.29) is 5.57 Å². The van der Waals surface area contributed by atoms with Crippen LogP contribution in [-0.4, -0.2) is 22.5 Å². The van der Waals surface area contributed by atoms with Crippen LogP contribution in [0, 0.1) is 5.82 Å². The molecule has 0 bridgehead atoms. The zero-order valence-electron chi connectivity index (χ0n) is 10.2. The first kappa shape index (κ1) is 13.2. The highest BCUT2D eigenvalue weighted by atomic mass is 19.1. The number of nitrogens with two attached hydrogens (primary N) is 1. The summed E-state index contributed by atoms with van der Waals surface area (Å²) >= 11 is 0. The van der Waals surface area contributed by atoms with Crippen molar-refractivity contribution in [3.63, 3.8) is 0 Å². The highest BCUT2D eigenvalue weighted by molar-refractivity contribution is 5.97. The molecule has 2 unspecified atom stereocenters. The van der Waals surface area contributed by atoms with E-state index in [1.54, 1.807) is 0 Å². The van der Waals surface area contributed by atoms with E-state index >= 15 is 0 Å². The van der Waals surface area contributed by atoms with Gasteiger partial charge in [-0.05, 0) is 30.7 Å². The summed E-state index contributed by atoms with van der Waals surface area (Å²) in [6.07, 6.45) is 1.22. The van der Waals surface area contributed by atoms with Crippen molar-refractivity contribution in [2.24, 2.45) is 5.73 Å². The quantitative estimate of drug-likeness (QED) is 0.734. The molecule has 1 aromatic carbocycles. The van der Waals surface area contributed by atoms with E-state index in [9.17, 15) is 19.1 Å². The van der Waals surface area contributed by atoms with Crippen molar-refractivity contribution in [3.05, 3.63) is 47.3 Å². The molecule has 6 heteroatoms. The van der Waals surface area contributed by atoms with E-state index in [0.29, 0.717) is 5.56 Å². The lowest BCUT2D eigenvalue weighted by Gasteiger charge is -2.32. The van der Waals surface area contributed by atoms with Crippen molar-refractivity contribution in [3.8, 4) is 0 Å². The molecule has 1 heterocycles. The number of carbonyl (C=O) groups excluding carboxylic acids is 1. The van der Waals surface area contributed by atoms with E-state index in [2.05, 4.69) is 5.32 Å². The summed E-state index contributed by atoms with van der Waals surface area (Å²) in [5.41, 5.74) is 4.79. The van der Waals surface area contributed by atoms with Crippen molar-refractivity contribution >= 4 is 11.9 Å². The lowest BCUT2D eigenvalue weighted by molar-refractivity contribution is -0.133. The second kappa shape index (κ2) is 4.47. The molecule has 0 saturated carbocycles. The Morgan fingerprint density at radius 1 is 1.42 bits per heavy atom. The summed E-state index contributed by atoms with van der Waals surface area (Å²) in [6.45, 7) is 1.42. The van der Waals surface area contributed by atoms with Crippen LogP contribution in [-0.2, 0) is 9.59 Å². The molecule has 2 atom stereocenters. The Hall–Kier alpha value is -2.21. The monoisotopic (exact) mass is 264 g/mol. The van der Waals surface area contributed by atoms with Crippen LogP contribution in [0.1, 0.15) is 18.5 Å². The van der Waals surface area contributed by atoms with E-state index in [0.717, 1.165) is 0 Å². The molecule has 100 valence electrons. The lowest BCUT2D eigenvalue weighted by atomic mass is 9.87. The summed E-state index contributed by atoms with van der Waals surface area (Å²) in [5.74, 6) is -2.09. The minimum absolute atomic E-state index is 0.0313. The molecular weight excluding hydrogens is 251 g/mol. The van der Waals surface area contributed by atoms with Gasteiger partial charge >= 0.3 is 5.97 Å². The van der Waals surface area contributed by atoms with Crippen LogP contribution in [0.3, 0.4) is 0 Å². The lowest BCUT2D eigenvalue weighted by Crippen LogP contribution is -2.55. The molecule has 0 saturated heterocycles. The Bertz CT molecular complexity index is 564. The third kappa shape index (κ3) is 2.48. The van der Waals surface area contributed by atoms with Gasteiger partial charge in [0.25, 0.3) is 0 Å². The summed E-state index contributed by atoms with van der Waals surface area (Å²) in [4.78, 5) is 23.0. The molecule has 5 nitrogen and oxygen atoms in total. The van der Waals surface area contributed by atoms with Gasteiger partial charge in [0.15, 0.2) is 0 Å². The Morgan fingerprint density at radius 2 is 2.00 bits per heavy atom. The number of nitrogens with one attached hydrogen (secondary N) is 1. The molecule has 1 aliphatic rings. The van der Waals surface area contributed by atoms with Gasteiger partial charge in [-0.25, -0.2) is 9.18 Å². The third-order valence-electron chi connectivity index (χ3n) is 2.98. The Labute approximate surface area is 108 Å². The first-order chi connectivity index (χ1) is 8.81. The third-order valence-corrected chi connectivity index (χ3v) is 2.98. The first-order valence-corrected chi connectivity index (χ1v) is 5.62. The average molecular weight is 264 g/mol. The van der Waals surface area contributed by atoms with Crippen molar-refractivity contribution in [1.29, 1.82) is 0 Å². The fourth-order valence-corrected chi connectivity index (χ4v) is 1.94. The number of aliphatic carboxylic acids is 1. The fraction of sp³-hybridized carbons (Fsp3) is 0.231. The second-order valence-corrected chi connectivity index (χ2v) is 4.65. The standard InChI is InChI=1S/C13H13FN2O3/c1-13(15)6-9(11(17)18)10(16-12(13)19)7-2-4-8(14)5-3-7/h2-6,10H,15H2,1H3,(H,16,19)(H,17,18). The second-order valence-electron chi connectivity index (χ2n) is 4.65. The molecule has 1 aliphatic heterocycles. The first-order valence-electron chi connectivity index (χ1n) is 5.62. The van der Waals surface area contributed by atoms with Crippen molar-refractivity contribution in [1.82, 2.24) is 5.32 Å². The van der Waals surface area contributed by atoms with E-state index in [1.807, 2.05) is 0 Å². The van der Waals surface area contributed by atoms with Gasteiger partial charge < -0.3 is 16.2 Å². The predicted octanol–water partition coefficient (Wildman–Crippen LogP) is 0.725. The number of carboxylic acid groups (broad SMARTS) is 1. The minimum Gasteiger partial charge on any atom is -0.478 e. The molecule has 1 aromatic rings. The number of amides is 1. The summed E-state index contributed by atoms with van der Waals surface area (Å²) < 4.78 is 12.9. The van der Waals surface area contributed by atoms with E-state index < -0.39 is 29.3 Å². The van der Waals surface area contributed by atoms with Crippen LogP contribution in [0.25, 0.3) is 0 Å². The van der Waals surface area contributed by atoms with E-state index in [4.69, 9.17) is 5.73 Å². The van der Waals surface area contributed by atoms with Gasteiger partial charge in [0.1, 0.15) is 11.4 Å². The number of hydrogen-bond donors (Lipinski definition) is 3. The Balaban J connectivity index is 2.47. The van der Waals surface area contributed by atoms with Crippen LogP contribution in [0.5, 0.6) is 0 Å². The number of carbonyl (C=O) groups is 2. The predicted molar refractivity (Wildman–Crippen MR) is 65.6 cm³/mol. The van der Waals surface area contributed by atoms with Gasteiger partial charge in [0, 0.05) is 0 Å². The molecule has 1 amide bonds. The number of halogens is 1. The van der Waals surface area contributed by atoms with Crippen LogP contribution in [0.2, 0.25) is 0 Å². The maximum absolute atomic E-state index is 12.9. The fourth-order valence-electron chi connectivity index (χ4n) is 1.94. The Morgan fingerprint density at radius 3 is 2.53 bits per heavy atom. The van der Waals surface area contributed by atoms with Crippen molar-refractivity contribution in [2.75, 3.05) is 0 Å². The van der Waals surface area contributed by atoms with E-state index in [1.165, 1.54) is 37.3 Å². The normalized spacial score (nSPS) is 26.6. The maximum Gasteiger partial charge on any atom is 0.333 e. The van der Waals surface area contributed by atoms with Crippen LogP contribution in [0.4, 0.5) is 4.39 Å². The summed E-state index contributed by atoms with van der Waals surface area (Å²) in [6, 6.07) is 4.43. The molecule has 0 fully saturated rings. The van der Waals surface area contributed by atoms with Crippen LogP contribution in [0.15, 0.2) is 35.9 Å². The topological polar surface area (TPSA) is 92.4 Å². The molecule has 19 heavy (non-hydrogen) atoms.